The van der Waals surface area contributed by atoms with Gasteiger partial charge in [-0.3, -0.25) is 9.69 Å². The predicted octanol–water partition coefficient (Wildman–Crippen LogP) is -0.445. The van der Waals surface area contributed by atoms with Gasteiger partial charge in [-0.2, -0.15) is 5.26 Å². The van der Waals surface area contributed by atoms with Crippen molar-refractivity contribution in [2.75, 3.05) is 37.6 Å². The molecule has 0 radical (unpaired) electrons. The molecule has 1 aliphatic heterocycles. The van der Waals surface area contributed by atoms with Crippen molar-refractivity contribution in [3.63, 3.8) is 0 Å². The molecule has 7 heteroatoms. The van der Waals surface area contributed by atoms with E-state index in [1.165, 1.54) is 6.20 Å². The normalized spacial score (nSPS) is 16.3. The van der Waals surface area contributed by atoms with Crippen molar-refractivity contribution in [1.29, 1.82) is 5.26 Å². The molecule has 0 atom stereocenters. The summed E-state index contributed by atoms with van der Waals surface area (Å²) in [6.45, 7) is 2.89. The molecule has 1 fully saturated rings. The zero-order chi connectivity index (χ0) is 13.0. The predicted molar refractivity (Wildman–Crippen MR) is 63.0 cm³/mol. The largest absolute Gasteiger partial charge is 0.480 e. The number of piperazine rings is 1. The Labute approximate surface area is 104 Å². The number of hydrogen-bond donors (Lipinski definition) is 1. The van der Waals surface area contributed by atoms with Gasteiger partial charge in [-0.25, -0.2) is 9.97 Å². The van der Waals surface area contributed by atoms with Crippen molar-refractivity contribution >= 4 is 11.8 Å². The molecule has 1 N–H and O–H groups in total. The Kier molecular flexibility index (Phi) is 3.69. The number of aliphatic carboxylic acids is 1. The number of anilines is 1. The topological polar surface area (TPSA) is 93.4 Å². The maximum absolute atomic E-state index is 10.6. The minimum Gasteiger partial charge on any atom is -0.480 e. The summed E-state index contributed by atoms with van der Waals surface area (Å²) < 4.78 is 0. The summed E-state index contributed by atoms with van der Waals surface area (Å²) in [7, 11) is 0. The number of hydrogen-bond acceptors (Lipinski definition) is 6. The summed E-state index contributed by atoms with van der Waals surface area (Å²) in [4.78, 5) is 22.6. The second-order valence-electron chi connectivity index (χ2n) is 4.03. The molecule has 7 nitrogen and oxygen atoms in total. The molecule has 0 unspecified atom stereocenters. The van der Waals surface area contributed by atoms with Gasteiger partial charge in [0, 0.05) is 26.2 Å². The SMILES string of the molecule is N#Cc1cnc(N2CCN(CC(=O)O)CC2)cn1. The summed E-state index contributed by atoms with van der Waals surface area (Å²) >= 11 is 0. The number of rotatable bonds is 3. The van der Waals surface area contributed by atoms with Gasteiger partial charge < -0.3 is 10.0 Å². The van der Waals surface area contributed by atoms with E-state index in [9.17, 15) is 4.79 Å². The zero-order valence-corrected chi connectivity index (χ0v) is 9.78. The van der Waals surface area contributed by atoms with Gasteiger partial charge in [-0.15, -0.1) is 0 Å². The van der Waals surface area contributed by atoms with Gasteiger partial charge in [0.2, 0.25) is 0 Å². The summed E-state index contributed by atoms with van der Waals surface area (Å²) in [5.74, 6) is -0.0782. The number of carboxylic acid groups (broad SMARTS) is 1. The molecular formula is C11H13N5O2. The molecule has 18 heavy (non-hydrogen) atoms. The Hall–Kier alpha value is -2.20. The minimum atomic E-state index is -0.804. The van der Waals surface area contributed by atoms with Gasteiger partial charge >= 0.3 is 5.97 Å². The third-order valence-electron chi connectivity index (χ3n) is 2.81. The van der Waals surface area contributed by atoms with Gasteiger partial charge in [0.05, 0.1) is 18.9 Å². The fourth-order valence-electron chi connectivity index (χ4n) is 1.87. The number of carboxylic acids is 1. The molecule has 1 saturated heterocycles. The Bertz CT molecular complexity index is 459. The van der Waals surface area contributed by atoms with E-state index in [1.54, 1.807) is 6.20 Å². The van der Waals surface area contributed by atoms with Crippen molar-refractivity contribution in [3.8, 4) is 6.07 Å². The monoisotopic (exact) mass is 247 g/mol. The van der Waals surface area contributed by atoms with E-state index >= 15 is 0 Å². The summed E-state index contributed by atoms with van der Waals surface area (Å²) in [6, 6.07) is 1.92. The number of nitrogens with zero attached hydrogens (tertiary/aromatic N) is 5. The number of nitriles is 1. The molecule has 0 aliphatic carbocycles. The standard InChI is InChI=1S/C11H13N5O2/c12-5-9-6-14-10(7-13-9)16-3-1-15(2-4-16)8-11(17)18/h6-7H,1-4,8H2,(H,17,18). The first-order valence-electron chi connectivity index (χ1n) is 5.60. The molecular weight excluding hydrogens is 234 g/mol. The summed E-state index contributed by atoms with van der Waals surface area (Å²) in [6.07, 6.45) is 3.02. The molecule has 0 aromatic carbocycles. The molecule has 1 aliphatic rings. The fraction of sp³-hybridized carbons (Fsp3) is 0.455. The highest BCUT2D eigenvalue weighted by Gasteiger charge is 2.19. The number of aromatic nitrogens is 2. The van der Waals surface area contributed by atoms with Crippen LogP contribution in [0.2, 0.25) is 0 Å². The van der Waals surface area contributed by atoms with Gasteiger partial charge in [-0.05, 0) is 0 Å². The van der Waals surface area contributed by atoms with Gasteiger partial charge in [0.15, 0.2) is 5.69 Å². The first-order chi connectivity index (χ1) is 8.69. The van der Waals surface area contributed by atoms with Crippen molar-refractivity contribution in [2.24, 2.45) is 0 Å². The quantitative estimate of drug-likeness (QED) is 0.773. The molecule has 0 bridgehead atoms. The number of carbonyl (C=O) groups is 1. The summed E-state index contributed by atoms with van der Waals surface area (Å²) in [5, 5.41) is 17.3. The molecule has 2 heterocycles. The Morgan fingerprint density at radius 2 is 2.06 bits per heavy atom. The minimum absolute atomic E-state index is 0.0763. The van der Waals surface area contributed by atoms with Crippen LogP contribution in [0.3, 0.4) is 0 Å². The van der Waals surface area contributed by atoms with Crippen LogP contribution < -0.4 is 4.90 Å². The lowest BCUT2D eigenvalue weighted by molar-refractivity contribution is -0.138. The van der Waals surface area contributed by atoms with Crippen LogP contribution in [-0.4, -0.2) is 58.7 Å². The van der Waals surface area contributed by atoms with Crippen LogP contribution in [0.1, 0.15) is 5.69 Å². The highest BCUT2D eigenvalue weighted by molar-refractivity contribution is 5.69. The van der Waals surface area contributed by atoms with E-state index in [0.717, 1.165) is 5.82 Å². The van der Waals surface area contributed by atoms with Crippen LogP contribution in [0.15, 0.2) is 12.4 Å². The molecule has 0 spiro atoms. The Morgan fingerprint density at radius 1 is 1.33 bits per heavy atom. The Morgan fingerprint density at radius 3 is 2.56 bits per heavy atom. The lowest BCUT2D eigenvalue weighted by Crippen LogP contribution is -2.48. The smallest absolute Gasteiger partial charge is 0.317 e. The second-order valence-corrected chi connectivity index (χ2v) is 4.03. The van der Waals surface area contributed by atoms with Gasteiger partial charge in [-0.1, -0.05) is 0 Å². The van der Waals surface area contributed by atoms with Crippen molar-refractivity contribution < 1.29 is 9.90 Å². The molecule has 94 valence electrons. The maximum atomic E-state index is 10.6. The third kappa shape index (κ3) is 2.93. The van der Waals surface area contributed by atoms with Crippen LogP contribution >= 0.6 is 0 Å². The summed E-state index contributed by atoms with van der Waals surface area (Å²) in [5.41, 5.74) is 0.295. The van der Waals surface area contributed by atoms with E-state index in [0.29, 0.717) is 31.9 Å². The van der Waals surface area contributed by atoms with Crippen LogP contribution in [0.25, 0.3) is 0 Å². The van der Waals surface area contributed by atoms with Crippen molar-refractivity contribution in [2.45, 2.75) is 0 Å². The van der Waals surface area contributed by atoms with E-state index < -0.39 is 5.97 Å². The van der Waals surface area contributed by atoms with E-state index in [-0.39, 0.29) is 6.54 Å². The maximum Gasteiger partial charge on any atom is 0.317 e. The molecule has 0 saturated carbocycles. The van der Waals surface area contributed by atoms with Crippen LogP contribution in [-0.2, 0) is 4.79 Å². The van der Waals surface area contributed by atoms with Gasteiger partial charge in [0.25, 0.3) is 0 Å². The zero-order valence-electron chi connectivity index (χ0n) is 9.78. The Balaban J connectivity index is 1.93. The van der Waals surface area contributed by atoms with Crippen LogP contribution in [0.5, 0.6) is 0 Å². The average Bonchev–Trinajstić information content (AvgIpc) is 2.39. The van der Waals surface area contributed by atoms with Crippen molar-refractivity contribution in [1.82, 2.24) is 14.9 Å². The highest BCUT2D eigenvalue weighted by atomic mass is 16.4. The molecule has 0 amide bonds. The molecule has 1 aromatic heterocycles. The first-order valence-corrected chi connectivity index (χ1v) is 5.60. The molecule has 1 aromatic rings. The first kappa shape index (κ1) is 12.3. The van der Waals surface area contributed by atoms with Crippen molar-refractivity contribution in [3.05, 3.63) is 18.1 Å². The third-order valence-corrected chi connectivity index (χ3v) is 2.81. The molecule has 2 rings (SSSR count). The highest BCUT2D eigenvalue weighted by Crippen LogP contribution is 2.11. The van der Waals surface area contributed by atoms with Crippen LogP contribution in [0, 0.1) is 11.3 Å². The second kappa shape index (κ2) is 5.42. The lowest BCUT2D eigenvalue weighted by atomic mass is 10.3. The van der Waals surface area contributed by atoms with E-state index in [2.05, 4.69) is 9.97 Å². The van der Waals surface area contributed by atoms with Gasteiger partial charge in [0.1, 0.15) is 11.9 Å². The fourth-order valence-corrected chi connectivity index (χ4v) is 1.87. The lowest BCUT2D eigenvalue weighted by Gasteiger charge is -2.34. The van der Waals surface area contributed by atoms with E-state index in [1.807, 2.05) is 15.9 Å². The van der Waals surface area contributed by atoms with E-state index in [4.69, 9.17) is 10.4 Å². The average molecular weight is 247 g/mol. The van der Waals surface area contributed by atoms with Crippen LogP contribution in [0.4, 0.5) is 5.82 Å².